The number of carbonyl (C=O) groups excluding carboxylic acids is 2. The first-order valence-electron chi connectivity index (χ1n) is 10.1. The maximum Gasteiger partial charge on any atom is 0.341 e. The molecule has 4 rings (SSSR count). The zero-order valence-corrected chi connectivity index (χ0v) is 19.0. The molecule has 0 saturated heterocycles. The van der Waals surface area contributed by atoms with Crippen LogP contribution >= 0.6 is 22.7 Å². The van der Waals surface area contributed by atoms with Gasteiger partial charge in [0.2, 0.25) is 0 Å². The summed E-state index contributed by atoms with van der Waals surface area (Å²) < 4.78 is 5.02. The molecule has 1 aliphatic rings. The van der Waals surface area contributed by atoms with Crippen molar-refractivity contribution in [3.63, 3.8) is 0 Å². The molecule has 3 aromatic rings. The fourth-order valence-corrected chi connectivity index (χ4v) is 6.08. The Balaban J connectivity index is 1.70. The van der Waals surface area contributed by atoms with Crippen LogP contribution in [0.2, 0.25) is 0 Å². The van der Waals surface area contributed by atoms with Crippen LogP contribution in [0, 0.1) is 0 Å². The summed E-state index contributed by atoms with van der Waals surface area (Å²) in [6.45, 7) is 4.15. The SMILES string of the molecule is COC(=O)c1c(NC(=O)c2sc3nc(C(C)C)ccc3c2N)sc2c1CCCCC2. The van der Waals surface area contributed by atoms with Gasteiger partial charge in [-0.05, 0) is 49.3 Å². The number of nitrogens with one attached hydrogen (secondary N) is 1. The Morgan fingerprint density at radius 3 is 2.67 bits per heavy atom. The highest BCUT2D eigenvalue weighted by molar-refractivity contribution is 7.21. The number of rotatable bonds is 4. The molecular formula is C22H25N3O3S2. The second-order valence-corrected chi connectivity index (χ2v) is 9.91. The van der Waals surface area contributed by atoms with Gasteiger partial charge in [-0.3, -0.25) is 4.79 Å². The highest BCUT2D eigenvalue weighted by Crippen LogP contribution is 2.39. The number of nitrogens with zero attached hydrogens (tertiary/aromatic N) is 1. The highest BCUT2D eigenvalue weighted by atomic mass is 32.1. The third kappa shape index (κ3) is 3.70. The lowest BCUT2D eigenvalue weighted by atomic mass is 10.1. The number of anilines is 2. The molecule has 0 bridgehead atoms. The summed E-state index contributed by atoms with van der Waals surface area (Å²) in [5, 5.41) is 4.27. The van der Waals surface area contributed by atoms with Gasteiger partial charge in [0.15, 0.2) is 0 Å². The molecule has 0 aliphatic heterocycles. The van der Waals surface area contributed by atoms with Gasteiger partial charge in [-0.2, -0.15) is 0 Å². The van der Waals surface area contributed by atoms with Crippen LogP contribution in [0.5, 0.6) is 0 Å². The number of carbonyl (C=O) groups is 2. The molecule has 1 amide bonds. The summed E-state index contributed by atoms with van der Waals surface area (Å²) in [6, 6.07) is 3.87. The third-order valence-electron chi connectivity index (χ3n) is 5.45. The van der Waals surface area contributed by atoms with E-state index < -0.39 is 5.97 Å². The first-order valence-corrected chi connectivity index (χ1v) is 11.8. The summed E-state index contributed by atoms with van der Waals surface area (Å²) in [5.41, 5.74) is 9.18. The number of methoxy groups -OCH3 is 1. The van der Waals surface area contributed by atoms with Crippen molar-refractivity contribution in [3.8, 4) is 0 Å². The van der Waals surface area contributed by atoms with E-state index in [0.717, 1.165) is 58.5 Å². The molecule has 6 nitrogen and oxygen atoms in total. The van der Waals surface area contributed by atoms with Crippen molar-refractivity contribution in [1.29, 1.82) is 0 Å². The first kappa shape index (κ1) is 20.8. The molecule has 8 heteroatoms. The number of esters is 1. The van der Waals surface area contributed by atoms with E-state index in [-0.39, 0.29) is 5.91 Å². The smallest absolute Gasteiger partial charge is 0.341 e. The summed E-state index contributed by atoms with van der Waals surface area (Å²) in [5.74, 6) is -0.431. The number of hydrogen-bond donors (Lipinski definition) is 2. The molecule has 1 aliphatic carbocycles. The van der Waals surface area contributed by atoms with E-state index in [4.69, 9.17) is 10.5 Å². The molecule has 30 heavy (non-hydrogen) atoms. The fourth-order valence-electron chi connectivity index (χ4n) is 3.81. The Bertz CT molecular complexity index is 1130. The Morgan fingerprint density at radius 1 is 1.17 bits per heavy atom. The van der Waals surface area contributed by atoms with Crippen molar-refractivity contribution < 1.29 is 14.3 Å². The predicted octanol–water partition coefficient (Wildman–Crippen LogP) is 5.37. The second kappa shape index (κ2) is 8.35. The van der Waals surface area contributed by atoms with E-state index in [9.17, 15) is 9.59 Å². The average molecular weight is 444 g/mol. The molecule has 3 heterocycles. The van der Waals surface area contributed by atoms with Crippen LogP contribution in [0.1, 0.15) is 75.2 Å². The Labute approximate surface area is 183 Å². The number of hydrogen-bond acceptors (Lipinski definition) is 7. The van der Waals surface area contributed by atoms with Crippen LogP contribution in [-0.4, -0.2) is 24.0 Å². The number of amides is 1. The second-order valence-electron chi connectivity index (χ2n) is 7.80. The maximum absolute atomic E-state index is 13.1. The van der Waals surface area contributed by atoms with Gasteiger partial charge >= 0.3 is 5.97 Å². The van der Waals surface area contributed by atoms with Crippen molar-refractivity contribution in [2.75, 3.05) is 18.2 Å². The summed E-state index contributed by atoms with van der Waals surface area (Å²) in [6.07, 6.45) is 5.03. The molecule has 3 N–H and O–H groups in total. The van der Waals surface area contributed by atoms with Crippen LogP contribution in [-0.2, 0) is 17.6 Å². The minimum Gasteiger partial charge on any atom is -0.465 e. The molecule has 0 spiro atoms. The normalized spacial score (nSPS) is 13.9. The van der Waals surface area contributed by atoms with Gasteiger partial charge in [0, 0.05) is 16.0 Å². The number of pyridine rings is 1. The van der Waals surface area contributed by atoms with Crippen LogP contribution < -0.4 is 11.1 Å². The van der Waals surface area contributed by atoms with Gasteiger partial charge in [0.05, 0.1) is 18.4 Å². The molecule has 158 valence electrons. The summed E-state index contributed by atoms with van der Waals surface area (Å²) in [7, 11) is 1.37. The molecule has 3 aromatic heterocycles. The Morgan fingerprint density at radius 2 is 1.93 bits per heavy atom. The fraction of sp³-hybridized carbons (Fsp3) is 0.409. The lowest BCUT2D eigenvalue weighted by molar-refractivity contribution is 0.0601. The van der Waals surface area contributed by atoms with Crippen molar-refractivity contribution in [2.24, 2.45) is 0 Å². The van der Waals surface area contributed by atoms with Crippen molar-refractivity contribution >= 4 is 55.5 Å². The molecule has 0 atom stereocenters. The lowest BCUT2D eigenvalue weighted by Crippen LogP contribution is -2.14. The maximum atomic E-state index is 13.1. The number of thiophene rings is 2. The van der Waals surface area contributed by atoms with Gasteiger partial charge in [0.25, 0.3) is 5.91 Å². The van der Waals surface area contributed by atoms with E-state index in [1.807, 2.05) is 12.1 Å². The third-order valence-corrected chi connectivity index (χ3v) is 7.77. The quantitative estimate of drug-likeness (QED) is 0.417. The van der Waals surface area contributed by atoms with Gasteiger partial charge in [-0.25, -0.2) is 9.78 Å². The number of aromatic nitrogens is 1. The van der Waals surface area contributed by atoms with E-state index in [1.54, 1.807) is 0 Å². The molecule has 0 aromatic carbocycles. The number of aryl methyl sites for hydroxylation is 1. The molecule has 0 saturated carbocycles. The summed E-state index contributed by atoms with van der Waals surface area (Å²) in [4.78, 5) is 32.6. The van der Waals surface area contributed by atoms with E-state index >= 15 is 0 Å². The van der Waals surface area contributed by atoms with Crippen LogP contribution in [0.15, 0.2) is 12.1 Å². The molecule has 0 unspecified atom stereocenters. The van der Waals surface area contributed by atoms with Gasteiger partial charge in [-0.1, -0.05) is 20.3 Å². The van der Waals surface area contributed by atoms with Crippen molar-refractivity contribution in [1.82, 2.24) is 4.98 Å². The topological polar surface area (TPSA) is 94.3 Å². The first-order chi connectivity index (χ1) is 14.4. The van der Waals surface area contributed by atoms with E-state index in [1.165, 1.54) is 29.8 Å². The molecule has 0 radical (unpaired) electrons. The Hall–Kier alpha value is -2.45. The van der Waals surface area contributed by atoms with Gasteiger partial charge in [0.1, 0.15) is 14.7 Å². The largest absolute Gasteiger partial charge is 0.465 e. The zero-order chi connectivity index (χ0) is 21.4. The highest BCUT2D eigenvalue weighted by Gasteiger charge is 2.27. The lowest BCUT2D eigenvalue weighted by Gasteiger charge is -2.07. The van der Waals surface area contributed by atoms with Crippen LogP contribution in [0.4, 0.5) is 10.7 Å². The minimum atomic E-state index is -0.405. The number of ether oxygens (including phenoxy) is 1. The van der Waals surface area contributed by atoms with Crippen LogP contribution in [0.25, 0.3) is 10.2 Å². The van der Waals surface area contributed by atoms with Crippen molar-refractivity contribution in [2.45, 2.75) is 51.9 Å². The average Bonchev–Trinajstić information content (AvgIpc) is 3.14. The minimum absolute atomic E-state index is 0.291. The predicted molar refractivity (Wildman–Crippen MR) is 123 cm³/mol. The van der Waals surface area contributed by atoms with Crippen molar-refractivity contribution in [3.05, 3.63) is 38.7 Å². The van der Waals surface area contributed by atoms with Crippen LogP contribution in [0.3, 0.4) is 0 Å². The number of nitrogen functional groups attached to an aromatic ring is 1. The van der Waals surface area contributed by atoms with E-state index in [0.29, 0.717) is 27.0 Å². The van der Waals surface area contributed by atoms with Gasteiger partial charge < -0.3 is 15.8 Å². The zero-order valence-electron chi connectivity index (χ0n) is 17.3. The molecular weight excluding hydrogens is 418 g/mol. The monoisotopic (exact) mass is 443 g/mol. The Kier molecular flexibility index (Phi) is 5.79. The summed E-state index contributed by atoms with van der Waals surface area (Å²) >= 11 is 2.76. The number of nitrogens with two attached hydrogens (primary N) is 1. The number of fused-ring (bicyclic) bond motifs is 2. The van der Waals surface area contributed by atoms with E-state index in [2.05, 4.69) is 24.1 Å². The molecule has 0 fully saturated rings. The van der Waals surface area contributed by atoms with Gasteiger partial charge in [-0.15, -0.1) is 22.7 Å². The standard InChI is InChI=1S/C22H25N3O3S2/c1-11(2)14-10-9-13-17(23)18(30-20(13)24-14)19(26)25-21-16(22(27)28-3)12-7-5-4-6-8-15(12)29-21/h9-11H,4-8,23H2,1-3H3,(H,25,26).